The van der Waals surface area contributed by atoms with Crippen molar-refractivity contribution in [1.82, 2.24) is 10.1 Å². The van der Waals surface area contributed by atoms with E-state index in [2.05, 4.69) is 15.4 Å². The predicted molar refractivity (Wildman–Crippen MR) is 66.2 cm³/mol. The highest BCUT2D eigenvalue weighted by Gasteiger charge is 2.18. The third kappa shape index (κ3) is 3.82. The van der Waals surface area contributed by atoms with Gasteiger partial charge in [-0.25, -0.2) is 0 Å². The molecule has 0 bridgehead atoms. The molecule has 0 saturated carbocycles. The number of carbonyl (C=O) groups excluding carboxylic acids is 1. The van der Waals surface area contributed by atoms with Crippen LogP contribution in [0.15, 0.2) is 10.6 Å². The molecule has 1 atom stereocenters. The van der Waals surface area contributed by atoms with E-state index in [1.807, 2.05) is 0 Å². The zero-order valence-electron chi connectivity index (χ0n) is 10.6. The Kier molecular flexibility index (Phi) is 4.33. The first kappa shape index (κ1) is 13.0. The summed E-state index contributed by atoms with van der Waals surface area (Å²) in [5.41, 5.74) is 0. The molecule has 0 radical (unpaired) electrons. The first-order valence-corrected chi connectivity index (χ1v) is 6.27. The lowest BCUT2D eigenvalue weighted by Crippen LogP contribution is -2.39. The van der Waals surface area contributed by atoms with E-state index in [0.29, 0.717) is 31.1 Å². The normalized spacial score (nSPS) is 20.9. The minimum atomic E-state index is -0.250. The molecule has 18 heavy (non-hydrogen) atoms. The molecule has 0 aromatic carbocycles. The number of amides is 1. The first-order chi connectivity index (χ1) is 8.63. The maximum Gasteiger partial charge on any atom is 0.226 e. The molecule has 1 saturated heterocycles. The number of aryl methyl sites for hydroxylation is 1. The monoisotopic (exact) mass is 253 g/mol. The summed E-state index contributed by atoms with van der Waals surface area (Å²) < 4.78 is 4.87. The number of piperidine rings is 1. The lowest BCUT2D eigenvalue weighted by atomic mass is 10.1. The maximum atomic E-state index is 11.7. The molecule has 1 aromatic heterocycles. The smallest absolute Gasteiger partial charge is 0.226 e. The molecule has 100 valence electrons. The summed E-state index contributed by atoms with van der Waals surface area (Å²) in [7, 11) is 0. The highest BCUT2D eigenvalue weighted by molar-refractivity contribution is 5.89. The number of nitrogens with one attached hydrogen (secondary N) is 1. The highest BCUT2D eigenvalue weighted by Crippen LogP contribution is 2.11. The van der Waals surface area contributed by atoms with Crippen molar-refractivity contribution in [1.29, 1.82) is 0 Å². The summed E-state index contributed by atoms with van der Waals surface area (Å²) >= 11 is 0. The average Bonchev–Trinajstić information content (AvgIpc) is 2.72. The molecule has 2 heterocycles. The highest BCUT2D eigenvalue weighted by atomic mass is 16.5. The third-order valence-corrected chi connectivity index (χ3v) is 3.03. The topological polar surface area (TPSA) is 78.6 Å². The molecular formula is C12H19N3O3. The minimum Gasteiger partial charge on any atom is -0.392 e. The van der Waals surface area contributed by atoms with Gasteiger partial charge in [-0.2, -0.15) is 0 Å². The molecular weight excluding hydrogens is 234 g/mol. The number of likely N-dealkylation sites (tertiary alicyclic amines) is 1. The van der Waals surface area contributed by atoms with Crippen LogP contribution in [0.4, 0.5) is 5.82 Å². The quantitative estimate of drug-likeness (QED) is 0.828. The number of anilines is 1. The van der Waals surface area contributed by atoms with Crippen LogP contribution in [0.2, 0.25) is 0 Å². The van der Waals surface area contributed by atoms with Crippen molar-refractivity contribution in [3.63, 3.8) is 0 Å². The Balaban J connectivity index is 1.71. The Morgan fingerprint density at radius 2 is 2.56 bits per heavy atom. The first-order valence-electron chi connectivity index (χ1n) is 6.27. The molecule has 2 rings (SSSR count). The number of carbonyl (C=O) groups is 1. The molecule has 2 N–H and O–H groups in total. The van der Waals surface area contributed by atoms with E-state index in [9.17, 15) is 9.90 Å². The van der Waals surface area contributed by atoms with Gasteiger partial charge in [-0.1, -0.05) is 5.16 Å². The summed E-state index contributed by atoms with van der Waals surface area (Å²) in [5.74, 6) is 1.05. The fourth-order valence-electron chi connectivity index (χ4n) is 2.12. The molecule has 1 aliphatic rings. The van der Waals surface area contributed by atoms with Gasteiger partial charge in [0.25, 0.3) is 0 Å². The SMILES string of the molecule is Cc1cc(NC(=O)CCN2CCC[C@H](O)C2)no1. The molecule has 6 heteroatoms. The van der Waals surface area contributed by atoms with E-state index in [-0.39, 0.29) is 12.0 Å². The molecule has 1 fully saturated rings. The number of nitrogens with zero attached hydrogens (tertiary/aromatic N) is 2. The van der Waals surface area contributed by atoms with Crippen LogP contribution in [0.5, 0.6) is 0 Å². The van der Waals surface area contributed by atoms with E-state index < -0.39 is 0 Å². The second-order valence-corrected chi connectivity index (χ2v) is 4.72. The lowest BCUT2D eigenvalue weighted by molar-refractivity contribution is -0.116. The largest absolute Gasteiger partial charge is 0.392 e. The van der Waals surface area contributed by atoms with E-state index in [1.54, 1.807) is 13.0 Å². The standard InChI is InChI=1S/C12H19N3O3/c1-9-7-11(14-18-9)13-12(17)4-6-15-5-2-3-10(16)8-15/h7,10,16H,2-6,8H2,1H3,(H,13,14,17)/t10-/m0/s1. The molecule has 0 unspecified atom stereocenters. The average molecular weight is 253 g/mol. The second-order valence-electron chi connectivity index (χ2n) is 4.72. The molecule has 1 aliphatic heterocycles. The summed E-state index contributed by atoms with van der Waals surface area (Å²) in [5, 5.41) is 15.9. The van der Waals surface area contributed by atoms with E-state index >= 15 is 0 Å². The van der Waals surface area contributed by atoms with Gasteiger partial charge in [0, 0.05) is 25.6 Å². The molecule has 0 spiro atoms. The minimum absolute atomic E-state index is 0.0802. The summed E-state index contributed by atoms with van der Waals surface area (Å²) in [6.45, 7) is 4.06. The second kappa shape index (κ2) is 5.97. The number of aromatic nitrogens is 1. The van der Waals surface area contributed by atoms with Crippen LogP contribution in [0.3, 0.4) is 0 Å². The van der Waals surface area contributed by atoms with Crippen LogP contribution in [-0.4, -0.2) is 46.8 Å². The van der Waals surface area contributed by atoms with Crippen molar-refractivity contribution in [2.24, 2.45) is 0 Å². The predicted octanol–water partition coefficient (Wildman–Crippen LogP) is 0.768. The van der Waals surface area contributed by atoms with Crippen molar-refractivity contribution >= 4 is 11.7 Å². The number of aliphatic hydroxyl groups is 1. The number of hydrogen-bond donors (Lipinski definition) is 2. The number of aliphatic hydroxyl groups excluding tert-OH is 1. The molecule has 0 aliphatic carbocycles. The fraction of sp³-hybridized carbons (Fsp3) is 0.667. The van der Waals surface area contributed by atoms with Gasteiger partial charge >= 0.3 is 0 Å². The van der Waals surface area contributed by atoms with Crippen LogP contribution < -0.4 is 5.32 Å². The van der Waals surface area contributed by atoms with Crippen molar-refractivity contribution < 1.29 is 14.4 Å². The molecule has 1 aromatic rings. The van der Waals surface area contributed by atoms with Gasteiger partial charge in [0.15, 0.2) is 5.82 Å². The van der Waals surface area contributed by atoms with Gasteiger partial charge in [-0.3, -0.25) is 4.79 Å². The summed E-state index contributed by atoms with van der Waals surface area (Å²) in [6, 6.07) is 1.68. The van der Waals surface area contributed by atoms with Crippen LogP contribution in [0.25, 0.3) is 0 Å². The van der Waals surface area contributed by atoms with Gasteiger partial charge in [0.05, 0.1) is 6.10 Å². The van der Waals surface area contributed by atoms with E-state index in [1.165, 1.54) is 0 Å². The van der Waals surface area contributed by atoms with Gasteiger partial charge in [0.1, 0.15) is 5.76 Å². The van der Waals surface area contributed by atoms with Crippen LogP contribution in [-0.2, 0) is 4.79 Å². The maximum absolute atomic E-state index is 11.7. The van der Waals surface area contributed by atoms with Crippen molar-refractivity contribution in [3.8, 4) is 0 Å². The zero-order chi connectivity index (χ0) is 13.0. The van der Waals surface area contributed by atoms with Crippen LogP contribution in [0.1, 0.15) is 25.0 Å². The summed E-state index contributed by atoms with van der Waals surface area (Å²) in [6.07, 6.45) is 2.00. The van der Waals surface area contributed by atoms with E-state index in [0.717, 1.165) is 19.4 Å². The zero-order valence-corrected chi connectivity index (χ0v) is 10.6. The number of rotatable bonds is 4. The Bertz CT molecular complexity index is 405. The van der Waals surface area contributed by atoms with Gasteiger partial charge < -0.3 is 19.8 Å². The summed E-state index contributed by atoms with van der Waals surface area (Å²) in [4.78, 5) is 13.8. The van der Waals surface area contributed by atoms with Crippen LogP contribution in [0, 0.1) is 6.92 Å². The van der Waals surface area contributed by atoms with E-state index in [4.69, 9.17) is 4.52 Å². The Hall–Kier alpha value is -1.40. The van der Waals surface area contributed by atoms with Gasteiger partial charge in [-0.15, -0.1) is 0 Å². The van der Waals surface area contributed by atoms with Crippen molar-refractivity contribution in [2.45, 2.75) is 32.3 Å². The van der Waals surface area contributed by atoms with Crippen LogP contribution >= 0.6 is 0 Å². The lowest BCUT2D eigenvalue weighted by Gasteiger charge is -2.29. The Morgan fingerprint density at radius 3 is 3.22 bits per heavy atom. The Labute approximate surface area is 106 Å². The third-order valence-electron chi connectivity index (χ3n) is 3.03. The fourth-order valence-corrected chi connectivity index (χ4v) is 2.12. The van der Waals surface area contributed by atoms with Crippen molar-refractivity contribution in [2.75, 3.05) is 25.0 Å². The van der Waals surface area contributed by atoms with Gasteiger partial charge in [0.2, 0.25) is 5.91 Å². The number of β-amino-alcohol motifs (C(OH)–C–C–N with tert-alkyl or cyclic N) is 1. The number of hydrogen-bond acceptors (Lipinski definition) is 5. The molecule has 6 nitrogen and oxygen atoms in total. The van der Waals surface area contributed by atoms with Crippen molar-refractivity contribution in [3.05, 3.63) is 11.8 Å². The molecule has 1 amide bonds. The van der Waals surface area contributed by atoms with Gasteiger partial charge in [-0.05, 0) is 26.3 Å². The Morgan fingerprint density at radius 1 is 1.72 bits per heavy atom.